The molecule has 5 nitrogen and oxygen atoms in total. The van der Waals surface area contributed by atoms with Crippen LogP contribution < -0.4 is 19.1 Å². The van der Waals surface area contributed by atoms with E-state index in [-0.39, 0.29) is 17.9 Å². The van der Waals surface area contributed by atoms with Crippen LogP contribution in [0.15, 0.2) is 71.6 Å². The van der Waals surface area contributed by atoms with Crippen molar-refractivity contribution in [1.29, 1.82) is 0 Å². The van der Waals surface area contributed by atoms with Crippen molar-refractivity contribution in [1.82, 2.24) is 0 Å². The van der Waals surface area contributed by atoms with Crippen LogP contribution in [0.2, 0.25) is 5.02 Å². The van der Waals surface area contributed by atoms with Crippen molar-refractivity contribution in [3.05, 3.63) is 87.8 Å². The number of thioether (sulfide) groups is 1. The lowest BCUT2D eigenvalue weighted by Gasteiger charge is -2.19. The molecule has 37 heavy (non-hydrogen) atoms. The van der Waals surface area contributed by atoms with Crippen LogP contribution in [0.4, 0.5) is 5.69 Å². The molecule has 3 aromatic rings. The number of rotatable bonds is 8. The summed E-state index contributed by atoms with van der Waals surface area (Å²) in [5, 5.41) is 0.374. The molecule has 0 N–H and O–H groups in total. The number of nitrogens with zero attached hydrogens (tertiary/aromatic N) is 1. The molecule has 192 valence electrons. The Kier molecular flexibility index (Phi) is 8.47. The summed E-state index contributed by atoms with van der Waals surface area (Å²) in [6, 6.07) is 20.9. The lowest BCUT2D eigenvalue weighted by atomic mass is 9.87. The van der Waals surface area contributed by atoms with Crippen LogP contribution in [0, 0.1) is 0 Å². The van der Waals surface area contributed by atoms with E-state index in [1.807, 2.05) is 42.5 Å². The van der Waals surface area contributed by atoms with Gasteiger partial charge < -0.3 is 14.2 Å². The fraction of sp³-hybridized carbons (Fsp3) is 0.241. The van der Waals surface area contributed by atoms with Gasteiger partial charge in [0.25, 0.3) is 5.91 Å². The monoisotopic (exact) mass is 553 g/mol. The quantitative estimate of drug-likeness (QED) is 0.163. The summed E-state index contributed by atoms with van der Waals surface area (Å²) in [7, 11) is 1.55. The van der Waals surface area contributed by atoms with E-state index < -0.39 is 0 Å². The van der Waals surface area contributed by atoms with E-state index in [0.717, 1.165) is 11.4 Å². The predicted molar refractivity (Wildman–Crippen MR) is 156 cm³/mol. The molecule has 0 atom stereocenters. The molecule has 1 amide bonds. The van der Waals surface area contributed by atoms with Crippen LogP contribution in [0.25, 0.3) is 6.08 Å². The van der Waals surface area contributed by atoms with Crippen LogP contribution in [0.3, 0.4) is 0 Å². The van der Waals surface area contributed by atoms with Crippen molar-refractivity contribution >= 4 is 57.6 Å². The number of thiocarbonyl (C=S) groups is 1. The number of ether oxygens (including phenoxy) is 3. The number of amides is 1. The van der Waals surface area contributed by atoms with E-state index >= 15 is 0 Å². The largest absolute Gasteiger partial charge is 0.493 e. The standard InChI is InChI=1S/C29H28ClNO4S2/c1-29(2,3)20-10-12-22(13-11-20)34-14-15-35-26-23(30)16-19(17-24(26)33-4)18-25-27(32)31(28(36)37-25)21-8-6-5-7-9-21/h5-13,16-18H,14-15H2,1-4H3/b25-18-. The zero-order valence-corrected chi connectivity index (χ0v) is 23.5. The van der Waals surface area contributed by atoms with Gasteiger partial charge in [0.15, 0.2) is 15.8 Å². The molecule has 0 bridgehead atoms. The minimum Gasteiger partial charge on any atom is -0.493 e. The molecule has 0 radical (unpaired) electrons. The molecule has 0 spiro atoms. The van der Waals surface area contributed by atoms with Gasteiger partial charge in [-0.25, -0.2) is 0 Å². The van der Waals surface area contributed by atoms with Gasteiger partial charge in [0, 0.05) is 0 Å². The Morgan fingerprint density at radius 2 is 1.68 bits per heavy atom. The summed E-state index contributed by atoms with van der Waals surface area (Å²) in [6.45, 7) is 7.15. The highest BCUT2D eigenvalue weighted by molar-refractivity contribution is 8.27. The third kappa shape index (κ3) is 6.47. The van der Waals surface area contributed by atoms with E-state index in [1.165, 1.54) is 22.2 Å². The Labute approximate surface area is 232 Å². The molecule has 1 heterocycles. The number of carbonyl (C=O) groups is 1. The molecular weight excluding hydrogens is 526 g/mol. The summed E-state index contributed by atoms with van der Waals surface area (Å²) < 4.78 is 17.7. The van der Waals surface area contributed by atoms with Crippen molar-refractivity contribution in [2.45, 2.75) is 26.2 Å². The van der Waals surface area contributed by atoms with Crippen molar-refractivity contribution in [3.63, 3.8) is 0 Å². The van der Waals surface area contributed by atoms with E-state index in [4.69, 9.17) is 38.0 Å². The van der Waals surface area contributed by atoms with Gasteiger partial charge in [-0.2, -0.15) is 0 Å². The molecule has 1 aliphatic rings. The van der Waals surface area contributed by atoms with Gasteiger partial charge in [0.05, 0.1) is 22.7 Å². The SMILES string of the molecule is COc1cc(/C=C2\SC(=S)N(c3ccccc3)C2=O)cc(Cl)c1OCCOc1ccc(C(C)(C)C)cc1. The first-order valence-electron chi connectivity index (χ1n) is 11.7. The average molecular weight is 554 g/mol. The lowest BCUT2D eigenvalue weighted by molar-refractivity contribution is -0.113. The van der Waals surface area contributed by atoms with Crippen LogP contribution >= 0.6 is 35.6 Å². The number of methoxy groups -OCH3 is 1. The normalized spacial score (nSPS) is 14.8. The molecule has 1 aliphatic heterocycles. The van der Waals surface area contributed by atoms with Crippen molar-refractivity contribution < 1.29 is 19.0 Å². The predicted octanol–water partition coefficient (Wildman–Crippen LogP) is 7.51. The highest BCUT2D eigenvalue weighted by atomic mass is 35.5. The third-order valence-electron chi connectivity index (χ3n) is 5.68. The lowest BCUT2D eigenvalue weighted by Crippen LogP contribution is -2.27. The second kappa shape index (κ2) is 11.6. The smallest absolute Gasteiger partial charge is 0.270 e. The summed E-state index contributed by atoms with van der Waals surface area (Å²) in [4.78, 5) is 15.1. The maximum Gasteiger partial charge on any atom is 0.270 e. The number of hydrogen-bond acceptors (Lipinski definition) is 6. The average Bonchev–Trinajstić information content (AvgIpc) is 3.15. The molecule has 3 aromatic carbocycles. The first-order valence-corrected chi connectivity index (χ1v) is 13.3. The maximum atomic E-state index is 13.0. The van der Waals surface area contributed by atoms with Gasteiger partial charge in [-0.3, -0.25) is 9.69 Å². The van der Waals surface area contributed by atoms with E-state index in [0.29, 0.717) is 37.9 Å². The van der Waals surface area contributed by atoms with Gasteiger partial charge in [-0.05, 0) is 59.0 Å². The minimum atomic E-state index is -0.177. The summed E-state index contributed by atoms with van der Waals surface area (Å²) >= 11 is 13.2. The van der Waals surface area contributed by atoms with Crippen LogP contribution in [-0.4, -0.2) is 30.6 Å². The first-order chi connectivity index (χ1) is 17.7. The van der Waals surface area contributed by atoms with Crippen molar-refractivity contribution in [3.8, 4) is 17.2 Å². The molecular formula is C29H28ClNO4S2. The summed E-state index contributed by atoms with van der Waals surface area (Å²) in [5.74, 6) is 1.48. The second-order valence-electron chi connectivity index (χ2n) is 9.36. The zero-order valence-electron chi connectivity index (χ0n) is 21.1. The van der Waals surface area contributed by atoms with E-state index in [9.17, 15) is 4.79 Å². The van der Waals surface area contributed by atoms with Crippen molar-refractivity contribution in [2.75, 3.05) is 25.2 Å². The minimum absolute atomic E-state index is 0.0912. The molecule has 0 saturated carbocycles. The highest BCUT2D eigenvalue weighted by Gasteiger charge is 2.33. The number of para-hydroxylation sites is 1. The fourth-order valence-corrected chi connectivity index (χ4v) is 5.31. The number of carbonyl (C=O) groups excluding carboxylic acids is 1. The van der Waals surface area contributed by atoms with Crippen LogP contribution in [0.5, 0.6) is 17.2 Å². The van der Waals surface area contributed by atoms with E-state index in [2.05, 4.69) is 32.9 Å². The fourth-order valence-electron chi connectivity index (χ4n) is 3.74. The van der Waals surface area contributed by atoms with E-state index in [1.54, 1.807) is 25.3 Å². The summed E-state index contributed by atoms with van der Waals surface area (Å²) in [6.07, 6.45) is 1.75. The number of hydrogen-bond donors (Lipinski definition) is 0. The number of halogens is 1. The summed E-state index contributed by atoms with van der Waals surface area (Å²) in [5.41, 5.74) is 2.78. The Balaban J connectivity index is 1.42. The topological polar surface area (TPSA) is 48.0 Å². The van der Waals surface area contributed by atoms with Gasteiger partial charge >= 0.3 is 0 Å². The molecule has 8 heteroatoms. The van der Waals surface area contributed by atoms with Crippen LogP contribution in [-0.2, 0) is 10.2 Å². The molecule has 1 fully saturated rings. The molecule has 0 aliphatic carbocycles. The van der Waals surface area contributed by atoms with Crippen LogP contribution in [0.1, 0.15) is 31.9 Å². The van der Waals surface area contributed by atoms with Gasteiger partial charge in [-0.15, -0.1) is 0 Å². The maximum absolute atomic E-state index is 13.0. The molecule has 1 saturated heterocycles. The van der Waals surface area contributed by atoms with Crippen molar-refractivity contribution in [2.24, 2.45) is 0 Å². The zero-order chi connectivity index (χ0) is 26.6. The number of benzene rings is 3. The Hall–Kier alpha value is -3.00. The second-order valence-corrected chi connectivity index (χ2v) is 11.4. The Morgan fingerprint density at radius 3 is 2.32 bits per heavy atom. The van der Waals surface area contributed by atoms with Gasteiger partial charge in [-0.1, -0.05) is 86.7 Å². The highest BCUT2D eigenvalue weighted by Crippen LogP contribution is 2.40. The molecule has 0 aromatic heterocycles. The van der Waals surface area contributed by atoms with Gasteiger partial charge in [0.2, 0.25) is 0 Å². The number of anilines is 1. The first kappa shape index (κ1) is 27.0. The van der Waals surface area contributed by atoms with Gasteiger partial charge in [0.1, 0.15) is 19.0 Å². The Bertz CT molecular complexity index is 1320. The third-order valence-corrected chi connectivity index (χ3v) is 7.26. The Morgan fingerprint density at radius 1 is 1.00 bits per heavy atom. The molecule has 4 rings (SSSR count). The molecule has 0 unspecified atom stereocenters.